The zero-order valence-corrected chi connectivity index (χ0v) is 23.2. The van der Waals surface area contributed by atoms with E-state index in [2.05, 4.69) is 9.98 Å². The molecule has 0 saturated heterocycles. The van der Waals surface area contributed by atoms with E-state index in [0.29, 0.717) is 0 Å². The highest BCUT2D eigenvalue weighted by atomic mass is 19.4. The van der Waals surface area contributed by atoms with Crippen LogP contribution in [0.1, 0.15) is 35.1 Å². The Morgan fingerprint density at radius 1 is 0.457 bits per heavy atom. The van der Waals surface area contributed by atoms with Crippen LogP contribution in [0.25, 0.3) is 0 Å². The third-order valence-corrected chi connectivity index (χ3v) is 6.83. The number of hydrogen-bond donors (Lipinski definition) is 2. The Kier molecular flexibility index (Phi) is 10.7. The van der Waals surface area contributed by atoms with E-state index < -0.39 is 73.3 Å². The number of nitrogens with zero attached hydrogens (tertiary/aromatic N) is 2. The zero-order chi connectivity index (χ0) is 34.6. The van der Waals surface area contributed by atoms with Crippen LogP contribution in [0.2, 0.25) is 0 Å². The normalized spacial score (nSPS) is 14.5. The van der Waals surface area contributed by atoms with Crippen LogP contribution in [-0.2, 0) is 13.1 Å². The monoisotopic (exact) mass is 672 g/mol. The van der Waals surface area contributed by atoms with Crippen LogP contribution in [0.5, 0.6) is 0 Å². The number of benzene rings is 3. The summed E-state index contributed by atoms with van der Waals surface area (Å²) in [6.07, 6.45) is -28.4. The van der Waals surface area contributed by atoms with Crippen molar-refractivity contribution in [3.05, 3.63) is 107 Å². The predicted octanol–water partition coefficient (Wildman–Crippen LogP) is 8.16. The summed E-state index contributed by atoms with van der Waals surface area (Å²) in [5.41, 5.74) is -11.7. The molecule has 0 heterocycles. The van der Waals surface area contributed by atoms with Gasteiger partial charge in [0.15, 0.2) is 0 Å². The van der Waals surface area contributed by atoms with Gasteiger partial charge in [-0.3, -0.25) is 9.98 Å². The first kappa shape index (κ1) is 36.5. The molecule has 3 aromatic carbocycles. The molecule has 0 aromatic heterocycles. The van der Waals surface area contributed by atoms with Gasteiger partial charge in [-0.05, 0) is 22.3 Å². The molecule has 2 N–H and O–H groups in total. The molecule has 0 fully saturated rings. The first-order chi connectivity index (χ1) is 21.1. The van der Waals surface area contributed by atoms with E-state index >= 15 is 0 Å². The van der Waals surface area contributed by atoms with E-state index in [-0.39, 0.29) is 22.3 Å². The molecule has 16 heteroatoms. The first-order valence-electron chi connectivity index (χ1n) is 13.1. The Labute approximate surface area is 253 Å². The highest BCUT2D eigenvalue weighted by Crippen LogP contribution is 2.47. The molecule has 0 atom stereocenters. The summed E-state index contributed by atoms with van der Waals surface area (Å²) in [5, 5.41) is 19.5. The van der Waals surface area contributed by atoms with Gasteiger partial charge in [0, 0.05) is 24.3 Å². The Balaban J connectivity index is 1.98. The Bertz CT molecular complexity index is 1370. The average Bonchev–Trinajstić information content (AvgIpc) is 2.96. The van der Waals surface area contributed by atoms with E-state index in [4.69, 9.17) is 0 Å². The summed E-state index contributed by atoms with van der Waals surface area (Å²) in [5.74, 6) is 0. The lowest BCUT2D eigenvalue weighted by atomic mass is 9.91. The van der Waals surface area contributed by atoms with Crippen LogP contribution >= 0.6 is 0 Å². The van der Waals surface area contributed by atoms with E-state index in [1.807, 2.05) is 0 Å². The molecule has 0 radical (unpaired) electrons. The van der Waals surface area contributed by atoms with Crippen LogP contribution in [0.3, 0.4) is 0 Å². The van der Waals surface area contributed by atoms with Gasteiger partial charge in [-0.15, -0.1) is 0 Å². The standard InChI is InChI=1S/C30H24F12N2O2/c31-27(32,33)25(45,28(34,35)36)15-23(21-10-3-1-4-11-21)43-17-19-8-7-9-20(14-19)18-44-24(22-12-5-2-6-13-22)16-26(46,29(37,38)39)30(40,41)42/h1-14,45-46H,15-18H2. The minimum absolute atomic E-state index is 0.149. The van der Waals surface area contributed by atoms with Crippen molar-refractivity contribution < 1.29 is 62.9 Å². The molecule has 46 heavy (non-hydrogen) atoms. The molecule has 4 nitrogen and oxygen atoms in total. The smallest absolute Gasteiger partial charge is 0.373 e. The minimum atomic E-state index is -6.11. The summed E-state index contributed by atoms with van der Waals surface area (Å²) in [6, 6.07) is 18.3. The minimum Gasteiger partial charge on any atom is -0.373 e. The van der Waals surface area contributed by atoms with Crippen molar-refractivity contribution >= 4 is 11.4 Å². The van der Waals surface area contributed by atoms with Gasteiger partial charge in [-0.2, -0.15) is 52.7 Å². The lowest BCUT2D eigenvalue weighted by molar-refractivity contribution is -0.365. The van der Waals surface area contributed by atoms with E-state index in [1.165, 1.54) is 84.9 Å². The fourth-order valence-corrected chi connectivity index (χ4v) is 4.17. The number of rotatable bonds is 10. The number of hydrogen-bond acceptors (Lipinski definition) is 4. The molecule has 0 spiro atoms. The van der Waals surface area contributed by atoms with Gasteiger partial charge in [0.1, 0.15) is 0 Å². The van der Waals surface area contributed by atoms with Gasteiger partial charge in [-0.25, -0.2) is 0 Å². The van der Waals surface area contributed by atoms with Gasteiger partial charge < -0.3 is 10.2 Å². The number of aliphatic hydroxyl groups is 2. The average molecular weight is 673 g/mol. The highest BCUT2D eigenvalue weighted by Gasteiger charge is 2.71. The zero-order valence-electron chi connectivity index (χ0n) is 23.2. The molecule has 0 aliphatic carbocycles. The third kappa shape index (κ3) is 8.26. The van der Waals surface area contributed by atoms with Crippen molar-refractivity contribution in [3.63, 3.8) is 0 Å². The van der Waals surface area contributed by atoms with Gasteiger partial charge >= 0.3 is 24.7 Å². The lowest BCUT2D eigenvalue weighted by Gasteiger charge is -2.32. The van der Waals surface area contributed by atoms with E-state index in [1.54, 1.807) is 0 Å². The Hall–Kier alpha value is -3.92. The van der Waals surface area contributed by atoms with Crippen molar-refractivity contribution in [2.24, 2.45) is 9.98 Å². The maximum atomic E-state index is 13.4. The molecular weight excluding hydrogens is 648 g/mol. The Morgan fingerprint density at radius 2 is 0.761 bits per heavy atom. The predicted molar refractivity (Wildman–Crippen MR) is 143 cm³/mol. The van der Waals surface area contributed by atoms with Crippen molar-refractivity contribution in [1.29, 1.82) is 0 Å². The van der Waals surface area contributed by atoms with Gasteiger partial charge in [-0.1, -0.05) is 84.9 Å². The van der Waals surface area contributed by atoms with Gasteiger partial charge in [0.05, 0.1) is 13.1 Å². The Morgan fingerprint density at radius 3 is 1.04 bits per heavy atom. The molecule has 0 unspecified atom stereocenters. The highest BCUT2D eigenvalue weighted by molar-refractivity contribution is 6.02. The third-order valence-electron chi connectivity index (χ3n) is 6.83. The molecule has 3 aromatic rings. The molecule has 0 amide bonds. The summed E-state index contributed by atoms with van der Waals surface area (Å²) < 4.78 is 161. The fourth-order valence-electron chi connectivity index (χ4n) is 4.17. The summed E-state index contributed by atoms with van der Waals surface area (Å²) in [6.45, 7) is -1.05. The SMILES string of the molecule is OC(CC(=NCc1cccc(CN=C(CC(O)(C(F)(F)F)C(F)(F)F)c2ccccc2)c1)c1ccccc1)(C(F)(F)F)C(F)(F)F. The second-order valence-corrected chi connectivity index (χ2v) is 10.1. The van der Waals surface area contributed by atoms with Crippen molar-refractivity contribution in [2.45, 2.75) is 61.8 Å². The maximum absolute atomic E-state index is 13.4. The quantitative estimate of drug-likeness (QED) is 0.169. The van der Waals surface area contributed by atoms with Crippen molar-refractivity contribution in [1.82, 2.24) is 0 Å². The summed E-state index contributed by atoms with van der Waals surface area (Å²) in [4.78, 5) is 7.80. The van der Waals surface area contributed by atoms with Crippen LogP contribution in [0.4, 0.5) is 52.7 Å². The van der Waals surface area contributed by atoms with Gasteiger partial charge in [0.25, 0.3) is 11.2 Å². The molecule has 3 rings (SSSR count). The van der Waals surface area contributed by atoms with Crippen LogP contribution in [0, 0.1) is 0 Å². The second-order valence-electron chi connectivity index (χ2n) is 10.1. The molecule has 0 saturated carbocycles. The largest absolute Gasteiger partial charge is 0.426 e. The van der Waals surface area contributed by atoms with Crippen LogP contribution in [-0.4, -0.2) is 57.5 Å². The van der Waals surface area contributed by atoms with Crippen molar-refractivity contribution in [3.8, 4) is 0 Å². The molecule has 250 valence electrons. The van der Waals surface area contributed by atoms with Crippen molar-refractivity contribution in [2.75, 3.05) is 0 Å². The van der Waals surface area contributed by atoms with E-state index in [9.17, 15) is 62.9 Å². The second kappa shape index (κ2) is 13.4. The topological polar surface area (TPSA) is 65.2 Å². The summed E-state index contributed by atoms with van der Waals surface area (Å²) in [7, 11) is 0. The fraction of sp³-hybridized carbons (Fsp3) is 0.333. The number of alkyl halides is 12. The molecule has 0 aliphatic heterocycles. The molecular formula is C30H24F12N2O2. The molecule has 0 bridgehead atoms. The lowest BCUT2D eigenvalue weighted by Crippen LogP contribution is -2.58. The molecule has 0 aliphatic rings. The summed E-state index contributed by atoms with van der Waals surface area (Å²) >= 11 is 0. The van der Waals surface area contributed by atoms with E-state index in [0.717, 1.165) is 0 Å². The number of aliphatic imine (C=N–C) groups is 2. The number of halogens is 12. The van der Waals surface area contributed by atoms with Gasteiger partial charge in [0.2, 0.25) is 0 Å². The van der Waals surface area contributed by atoms with Crippen LogP contribution in [0.15, 0.2) is 94.9 Å². The van der Waals surface area contributed by atoms with Crippen LogP contribution < -0.4 is 0 Å². The maximum Gasteiger partial charge on any atom is 0.426 e. The first-order valence-corrected chi connectivity index (χ1v) is 13.1.